The molecule has 248 valence electrons. The van der Waals surface area contributed by atoms with Gasteiger partial charge in [-0.1, -0.05) is 0 Å². The summed E-state index contributed by atoms with van der Waals surface area (Å²) in [4.78, 5) is 18.9. The van der Waals surface area contributed by atoms with Crippen molar-refractivity contribution in [1.29, 1.82) is 5.41 Å². The smallest absolute Gasteiger partial charge is 0.264 e. The van der Waals surface area contributed by atoms with E-state index in [1.54, 1.807) is 42.0 Å². The van der Waals surface area contributed by atoms with Gasteiger partial charge in [0.2, 0.25) is 5.91 Å². The summed E-state index contributed by atoms with van der Waals surface area (Å²) in [5, 5.41) is 21.0. The number of amides is 1. The third-order valence-corrected chi connectivity index (χ3v) is 11.4. The molecule has 4 aliphatic heterocycles. The fourth-order valence-corrected chi connectivity index (χ4v) is 8.66. The lowest BCUT2D eigenvalue weighted by Crippen LogP contribution is -2.57. The second kappa shape index (κ2) is 12.7. The molecule has 1 aromatic heterocycles. The molecule has 2 saturated heterocycles. The van der Waals surface area contributed by atoms with E-state index >= 15 is 0 Å². The molecule has 0 atom stereocenters. The molecule has 5 heterocycles. The standard InChI is InChI=1S/C35H48F2N8O/c1-23(46)44-15-7-31(41-26-5-13-43(14-6-26)27-18-35(19-27)8-10-39-11-9-35)30(22-44)34(38)45-12-3-4-24-16-28(25-20-40-42(2)21-25)29(33(36)37)17-32(24)45/h16-17,20-21,26-27,33,38-39,41H,3-15,18-19,22H2,1-2H3. The van der Waals surface area contributed by atoms with Crippen LogP contribution in [0.15, 0.2) is 35.8 Å². The number of fused-ring (bicyclic) bond motifs is 1. The number of piperidine rings is 2. The van der Waals surface area contributed by atoms with Crippen LogP contribution in [0.25, 0.3) is 11.1 Å². The number of aromatic nitrogens is 2. The monoisotopic (exact) mass is 634 g/mol. The van der Waals surface area contributed by atoms with E-state index in [-0.39, 0.29) is 11.5 Å². The lowest BCUT2D eigenvalue weighted by Gasteiger charge is -2.55. The molecule has 2 aromatic rings. The molecule has 1 spiro atoms. The molecule has 5 aliphatic rings. The zero-order valence-electron chi connectivity index (χ0n) is 27.3. The third-order valence-electron chi connectivity index (χ3n) is 11.4. The molecule has 1 aromatic carbocycles. The summed E-state index contributed by atoms with van der Waals surface area (Å²) in [6.45, 7) is 7.63. The van der Waals surface area contributed by atoms with Gasteiger partial charge in [-0.05, 0) is 93.1 Å². The molecule has 3 N–H and O–H groups in total. The Bertz CT molecular complexity index is 1500. The summed E-state index contributed by atoms with van der Waals surface area (Å²) < 4.78 is 30.6. The third kappa shape index (κ3) is 6.08. The maximum Gasteiger partial charge on any atom is 0.264 e. The van der Waals surface area contributed by atoms with Crippen LogP contribution < -0.4 is 15.5 Å². The van der Waals surface area contributed by atoms with Crippen molar-refractivity contribution in [2.75, 3.05) is 50.7 Å². The average molecular weight is 635 g/mol. The van der Waals surface area contributed by atoms with Gasteiger partial charge in [0.1, 0.15) is 5.84 Å². The van der Waals surface area contributed by atoms with E-state index in [1.807, 2.05) is 11.0 Å². The first-order valence-corrected chi connectivity index (χ1v) is 17.2. The van der Waals surface area contributed by atoms with Crippen molar-refractivity contribution in [3.63, 3.8) is 0 Å². The highest BCUT2D eigenvalue weighted by molar-refractivity contribution is 6.09. The van der Waals surface area contributed by atoms with Gasteiger partial charge in [0.05, 0.1) is 12.7 Å². The quantitative estimate of drug-likeness (QED) is 0.311. The van der Waals surface area contributed by atoms with Gasteiger partial charge >= 0.3 is 0 Å². The lowest BCUT2D eigenvalue weighted by molar-refractivity contribution is -0.128. The molecule has 1 aliphatic carbocycles. The highest BCUT2D eigenvalue weighted by atomic mass is 19.3. The first-order chi connectivity index (χ1) is 22.2. The molecule has 1 saturated carbocycles. The van der Waals surface area contributed by atoms with E-state index in [4.69, 9.17) is 0 Å². The van der Waals surface area contributed by atoms with Crippen LogP contribution in [0.4, 0.5) is 14.5 Å². The number of likely N-dealkylation sites (tertiary alicyclic amines) is 1. The number of hydrogen-bond donors (Lipinski definition) is 3. The minimum atomic E-state index is -2.66. The Morgan fingerprint density at radius 2 is 1.87 bits per heavy atom. The number of halogens is 2. The summed E-state index contributed by atoms with van der Waals surface area (Å²) in [5.74, 6) is 0.299. The van der Waals surface area contributed by atoms with Crippen LogP contribution in [-0.2, 0) is 18.3 Å². The van der Waals surface area contributed by atoms with Gasteiger partial charge in [-0.25, -0.2) is 8.78 Å². The second-order valence-corrected chi connectivity index (χ2v) is 14.3. The van der Waals surface area contributed by atoms with Gasteiger partial charge in [-0.2, -0.15) is 5.10 Å². The Kier molecular flexibility index (Phi) is 8.65. The maximum atomic E-state index is 14.5. The molecule has 3 fully saturated rings. The molecule has 9 nitrogen and oxygen atoms in total. The van der Waals surface area contributed by atoms with Crippen LogP contribution in [-0.4, -0.2) is 89.2 Å². The van der Waals surface area contributed by atoms with Gasteiger partial charge in [-0.15, -0.1) is 0 Å². The number of hydrogen-bond acceptors (Lipinski definition) is 6. The number of rotatable bonds is 6. The number of anilines is 1. The minimum Gasteiger partial charge on any atom is -0.385 e. The molecule has 0 radical (unpaired) electrons. The number of carbonyl (C=O) groups excluding carboxylic acids is 1. The Balaban J connectivity index is 1.10. The van der Waals surface area contributed by atoms with Gasteiger partial charge in [-0.3, -0.25) is 14.9 Å². The summed E-state index contributed by atoms with van der Waals surface area (Å²) in [5.41, 5.74) is 5.17. The Morgan fingerprint density at radius 3 is 2.54 bits per heavy atom. The second-order valence-electron chi connectivity index (χ2n) is 14.3. The van der Waals surface area contributed by atoms with E-state index in [9.17, 15) is 19.0 Å². The lowest BCUT2D eigenvalue weighted by atomic mass is 9.60. The predicted octanol–water partition coefficient (Wildman–Crippen LogP) is 4.85. The van der Waals surface area contributed by atoms with Crippen molar-refractivity contribution in [3.05, 3.63) is 46.9 Å². The summed E-state index contributed by atoms with van der Waals surface area (Å²) in [6.07, 6.45) is 10.4. The molecule has 1 amide bonds. The highest BCUT2D eigenvalue weighted by Crippen LogP contribution is 2.50. The van der Waals surface area contributed by atoms with Gasteiger partial charge in [0, 0.05) is 92.9 Å². The molecule has 11 heteroatoms. The van der Waals surface area contributed by atoms with Crippen LogP contribution in [0, 0.1) is 10.8 Å². The molecule has 0 unspecified atom stereocenters. The number of aryl methyl sites for hydroxylation is 2. The zero-order chi connectivity index (χ0) is 32.0. The van der Waals surface area contributed by atoms with Gasteiger partial charge in [0.15, 0.2) is 0 Å². The fourth-order valence-electron chi connectivity index (χ4n) is 8.66. The van der Waals surface area contributed by atoms with Crippen LogP contribution >= 0.6 is 0 Å². The van der Waals surface area contributed by atoms with Gasteiger partial charge < -0.3 is 25.3 Å². The van der Waals surface area contributed by atoms with Crippen molar-refractivity contribution in [2.45, 2.75) is 83.2 Å². The largest absolute Gasteiger partial charge is 0.385 e. The van der Waals surface area contributed by atoms with E-state index < -0.39 is 6.43 Å². The van der Waals surface area contributed by atoms with E-state index in [0.29, 0.717) is 60.2 Å². The zero-order valence-corrected chi connectivity index (χ0v) is 27.3. The summed E-state index contributed by atoms with van der Waals surface area (Å²) >= 11 is 0. The number of carbonyl (C=O) groups is 1. The number of nitrogens with zero attached hydrogens (tertiary/aromatic N) is 5. The average Bonchev–Trinajstić information content (AvgIpc) is 3.49. The fraction of sp³-hybridized carbons (Fsp3) is 0.629. The van der Waals surface area contributed by atoms with E-state index in [1.165, 1.54) is 25.7 Å². The van der Waals surface area contributed by atoms with Crippen molar-refractivity contribution < 1.29 is 13.6 Å². The summed E-state index contributed by atoms with van der Waals surface area (Å²) in [6, 6.07) is 4.50. The van der Waals surface area contributed by atoms with E-state index in [2.05, 4.69) is 20.6 Å². The topological polar surface area (TPSA) is 92.5 Å². The maximum absolute atomic E-state index is 14.5. The van der Waals surface area contributed by atoms with Crippen LogP contribution in [0.5, 0.6) is 0 Å². The normalized spacial score (nSPS) is 22.7. The van der Waals surface area contributed by atoms with Crippen molar-refractivity contribution in [2.24, 2.45) is 12.5 Å². The SMILES string of the molecule is CC(=O)N1CCC(NC2CCN(C3CC4(CCNCC4)C3)CC2)=C(C(=N)N2CCCc3cc(-c4cnn(C)c4)c(C(F)F)cc32)C1. The van der Waals surface area contributed by atoms with E-state index in [0.717, 1.165) is 74.7 Å². The van der Waals surface area contributed by atoms with Crippen molar-refractivity contribution >= 4 is 17.4 Å². The van der Waals surface area contributed by atoms with Crippen molar-refractivity contribution in [3.8, 4) is 11.1 Å². The first kappa shape index (κ1) is 31.3. The number of benzene rings is 1. The van der Waals surface area contributed by atoms with Crippen LogP contribution in [0.3, 0.4) is 0 Å². The molecule has 7 rings (SSSR count). The number of alkyl halides is 2. The summed E-state index contributed by atoms with van der Waals surface area (Å²) in [7, 11) is 1.78. The van der Waals surface area contributed by atoms with Crippen LogP contribution in [0.2, 0.25) is 0 Å². The minimum absolute atomic E-state index is 0.00943. The Hall–Kier alpha value is -3.31. The Labute approximate surface area is 270 Å². The Morgan fingerprint density at radius 1 is 1.11 bits per heavy atom. The first-order valence-electron chi connectivity index (χ1n) is 17.2. The number of amidine groups is 1. The highest BCUT2D eigenvalue weighted by Gasteiger charge is 2.47. The molecular weight excluding hydrogens is 586 g/mol. The van der Waals surface area contributed by atoms with Crippen molar-refractivity contribution in [1.82, 2.24) is 30.2 Å². The molecule has 0 bridgehead atoms. The predicted molar refractivity (Wildman–Crippen MR) is 176 cm³/mol. The van der Waals surface area contributed by atoms with Crippen LogP contribution in [0.1, 0.15) is 75.8 Å². The van der Waals surface area contributed by atoms with Gasteiger partial charge in [0.25, 0.3) is 6.43 Å². The molecular formula is C35H48F2N8O. The number of nitrogens with one attached hydrogen (secondary N) is 3. The molecule has 46 heavy (non-hydrogen) atoms.